The number of carbonyl (C=O) groups is 1. The van der Waals surface area contributed by atoms with Crippen LogP contribution in [0.25, 0.3) is 0 Å². The average Bonchev–Trinajstić information content (AvgIpc) is 2.85. The summed E-state index contributed by atoms with van der Waals surface area (Å²) in [5.74, 6) is 1.44. The number of carbonyl (C=O) groups excluding carboxylic acids is 1. The second-order valence-corrected chi connectivity index (χ2v) is 14.6. The van der Waals surface area contributed by atoms with Crippen LogP contribution in [0.2, 0.25) is 0 Å². The van der Waals surface area contributed by atoms with E-state index < -0.39 is 19.8 Å². The van der Waals surface area contributed by atoms with Crippen molar-refractivity contribution in [3.8, 4) is 11.5 Å². The van der Waals surface area contributed by atoms with Crippen molar-refractivity contribution in [2.24, 2.45) is 5.73 Å². The Bertz CT molecular complexity index is 1200. The molecule has 0 saturated carbocycles. The van der Waals surface area contributed by atoms with Gasteiger partial charge < -0.3 is 15.2 Å². The third-order valence-corrected chi connectivity index (χ3v) is 9.22. The molecule has 1 aromatic heterocycles. The number of ketones is 1. The van der Waals surface area contributed by atoms with Crippen LogP contribution >= 0.6 is 0 Å². The topological polar surface area (TPSA) is 109 Å². The molecule has 2 rings (SSSR count). The predicted molar refractivity (Wildman–Crippen MR) is 174 cm³/mol. The lowest BCUT2D eigenvalue weighted by molar-refractivity contribution is 0.101. The molecular formula is C33H56N2O5S. The number of nitrogens with zero attached hydrogens (tertiary/aromatic N) is 1. The Hall–Kier alpha value is -2.87. The Morgan fingerprint density at radius 2 is 1.61 bits per heavy atom. The van der Waals surface area contributed by atoms with Crippen molar-refractivity contribution in [2.45, 2.75) is 118 Å². The summed E-state index contributed by atoms with van der Waals surface area (Å²) in [4.78, 5) is 14.6. The van der Waals surface area contributed by atoms with Crippen molar-refractivity contribution in [1.82, 2.24) is 4.98 Å². The molecule has 0 amide bonds. The van der Waals surface area contributed by atoms with E-state index >= 15 is 0 Å². The highest BCUT2D eigenvalue weighted by Crippen LogP contribution is 2.34. The molecular weight excluding hydrogens is 536 g/mol. The first kappa shape index (κ1) is 40.3. The maximum Gasteiger partial charge on any atom is 0.178 e. The zero-order valence-corrected chi connectivity index (χ0v) is 27.5. The highest BCUT2D eigenvalue weighted by molar-refractivity contribution is 7.93. The van der Waals surface area contributed by atoms with Gasteiger partial charge in [0.05, 0.1) is 24.7 Å². The number of Topliss-reactive ketones (excluding diaryl/α,β-unsaturated/α-hetero) is 1. The lowest BCUT2D eigenvalue weighted by Gasteiger charge is -2.30. The van der Waals surface area contributed by atoms with Gasteiger partial charge in [0.25, 0.3) is 0 Å². The average molecular weight is 593 g/mol. The van der Waals surface area contributed by atoms with Gasteiger partial charge in [-0.2, -0.15) is 0 Å². The summed E-state index contributed by atoms with van der Waals surface area (Å²) in [7, 11) is -1.91. The molecule has 0 radical (unpaired) electrons. The molecule has 2 atom stereocenters. The second-order valence-electron chi connectivity index (χ2n) is 11.7. The maximum absolute atomic E-state index is 12.9. The zero-order valence-electron chi connectivity index (χ0n) is 26.7. The first-order chi connectivity index (χ1) is 18.3. The van der Waals surface area contributed by atoms with Crippen LogP contribution in [0.3, 0.4) is 0 Å². The van der Waals surface area contributed by atoms with Crippen molar-refractivity contribution in [1.29, 1.82) is 0 Å². The van der Waals surface area contributed by atoms with Crippen molar-refractivity contribution >= 4 is 15.6 Å². The Balaban J connectivity index is 0. The lowest BCUT2D eigenvalue weighted by Crippen LogP contribution is -2.43. The van der Waals surface area contributed by atoms with Crippen molar-refractivity contribution in [3.05, 3.63) is 65.6 Å². The number of aromatic nitrogens is 1. The number of methoxy groups -OCH3 is 1. The minimum absolute atomic E-state index is 0. The summed E-state index contributed by atoms with van der Waals surface area (Å²) >= 11 is 0. The monoisotopic (exact) mass is 592 g/mol. The Kier molecular flexibility index (Phi) is 16.9. The standard InChI is InChI=1S/C21H35NO3S.C8H9NO2.C3H8.CH4/c1-14-10-11-19(18(12-14)20(5,6)7)25-15(2)13-16(3)26(23,24)21(8,9)17(4)22;1-6(10)8-4-3-7(11-2)5-9-8;1-3-2;/h10-12,15-16H,4,13,22H2,1-3,5-9H3;3-5H,1-2H3;3H2,1-2H3;1H4/t15-,16?;;;/m0.../s1. The maximum atomic E-state index is 12.9. The minimum Gasteiger partial charge on any atom is -0.495 e. The lowest BCUT2D eigenvalue weighted by atomic mass is 9.85. The van der Waals surface area contributed by atoms with Crippen LogP contribution in [-0.4, -0.2) is 42.4 Å². The van der Waals surface area contributed by atoms with Gasteiger partial charge in [-0.3, -0.25) is 4.79 Å². The highest BCUT2D eigenvalue weighted by atomic mass is 32.2. The molecule has 0 spiro atoms. The number of nitrogens with two attached hydrogens (primary N) is 1. The molecule has 0 aliphatic carbocycles. The van der Waals surface area contributed by atoms with Crippen molar-refractivity contribution < 1.29 is 22.7 Å². The third kappa shape index (κ3) is 12.3. The fourth-order valence-corrected chi connectivity index (χ4v) is 5.48. The van der Waals surface area contributed by atoms with Crippen LogP contribution < -0.4 is 15.2 Å². The van der Waals surface area contributed by atoms with Gasteiger partial charge in [-0.15, -0.1) is 0 Å². The summed E-state index contributed by atoms with van der Waals surface area (Å²) in [5, 5.41) is -0.587. The summed E-state index contributed by atoms with van der Waals surface area (Å²) in [6.07, 6.45) is 2.91. The SMILES string of the molecule is C.C=C(N)C(C)(C)S(=O)(=O)C(C)C[C@H](C)Oc1ccc(C)cc1C(C)(C)C.CCC.COc1ccc(C(C)=O)nc1. The molecule has 0 bridgehead atoms. The van der Waals surface area contributed by atoms with Crippen molar-refractivity contribution in [3.63, 3.8) is 0 Å². The molecule has 8 heteroatoms. The van der Waals surface area contributed by atoms with Gasteiger partial charge in [-0.05, 0) is 63.8 Å². The van der Waals surface area contributed by atoms with Gasteiger partial charge in [0.15, 0.2) is 15.6 Å². The number of benzene rings is 1. The number of sulfone groups is 1. The van der Waals surface area contributed by atoms with Crippen LogP contribution in [0.5, 0.6) is 11.5 Å². The van der Waals surface area contributed by atoms with E-state index in [1.54, 1.807) is 40.0 Å². The fraction of sp³-hybridized carbons (Fsp3) is 0.576. The van der Waals surface area contributed by atoms with E-state index in [9.17, 15) is 13.2 Å². The van der Waals surface area contributed by atoms with Crippen LogP contribution in [0.1, 0.15) is 111 Å². The molecule has 0 fully saturated rings. The van der Waals surface area contributed by atoms with E-state index in [1.807, 2.05) is 19.1 Å². The number of pyridine rings is 1. The predicted octanol–water partition coefficient (Wildman–Crippen LogP) is 7.85. The van der Waals surface area contributed by atoms with Crippen LogP contribution in [0.4, 0.5) is 0 Å². The molecule has 1 aromatic carbocycles. The van der Waals surface area contributed by atoms with Gasteiger partial charge in [0, 0.05) is 19.0 Å². The molecule has 0 saturated heterocycles. The normalized spacial score (nSPS) is 12.7. The Labute approximate surface area is 250 Å². The summed E-state index contributed by atoms with van der Waals surface area (Å²) < 4.78 is 35.6. The van der Waals surface area contributed by atoms with Gasteiger partial charge >= 0.3 is 0 Å². The van der Waals surface area contributed by atoms with Crippen LogP contribution in [-0.2, 0) is 15.3 Å². The first-order valence-electron chi connectivity index (χ1n) is 13.7. The number of aryl methyl sites for hydroxylation is 1. The van der Waals surface area contributed by atoms with Gasteiger partial charge in [0.2, 0.25) is 0 Å². The number of rotatable bonds is 9. The Morgan fingerprint density at radius 1 is 1.07 bits per heavy atom. The first-order valence-corrected chi connectivity index (χ1v) is 15.3. The smallest absolute Gasteiger partial charge is 0.178 e. The van der Waals surface area contributed by atoms with E-state index in [0.717, 1.165) is 11.3 Å². The van der Waals surface area contributed by atoms with Gasteiger partial charge in [-0.1, -0.05) is 72.7 Å². The molecule has 41 heavy (non-hydrogen) atoms. The second kappa shape index (κ2) is 17.2. The number of hydrogen-bond acceptors (Lipinski definition) is 7. The van der Waals surface area contributed by atoms with E-state index in [1.165, 1.54) is 25.1 Å². The van der Waals surface area contributed by atoms with E-state index in [2.05, 4.69) is 59.2 Å². The molecule has 0 aliphatic rings. The fourth-order valence-electron chi connectivity index (χ4n) is 3.59. The van der Waals surface area contributed by atoms with E-state index in [4.69, 9.17) is 15.2 Å². The molecule has 2 aromatic rings. The Morgan fingerprint density at radius 3 is 2.00 bits per heavy atom. The number of ether oxygens (including phenoxy) is 2. The van der Waals surface area contributed by atoms with Gasteiger partial charge in [-0.25, -0.2) is 13.4 Å². The molecule has 1 unspecified atom stereocenters. The zero-order chi connectivity index (χ0) is 31.5. The highest BCUT2D eigenvalue weighted by Gasteiger charge is 2.40. The summed E-state index contributed by atoms with van der Waals surface area (Å²) in [6, 6.07) is 9.46. The van der Waals surface area contributed by atoms with E-state index in [-0.39, 0.29) is 30.4 Å². The quantitative estimate of drug-likeness (QED) is 0.295. The number of hydrogen-bond donors (Lipinski definition) is 1. The molecule has 7 nitrogen and oxygen atoms in total. The van der Waals surface area contributed by atoms with Crippen LogP contribution in [0.15, 0.2) is 48.8 Å². The minimum atomic E-state index is -3.47. The molecule has 1 heterocycles. The molecule has 234 valence electrons. The van der Waals surface area contributed by atoms with Gasteiger partial charge in [0.1, 0.15) is 21.9 Å². The van der Waals surface area contributed by atoms with Crippen molar-refractivity contribution in [2.75, 3.05) is 7.11 Å². The summed E-state index contributed by atoms with van der Waals surface area (Å²) in [5.41, 5.74) is 8.59. The van der Waals surface area contributed by atoms with Crippen LogP contribution in [0, 0.1) is 6.92 Å². The largest absolute Gasteiger partial charge is 0.495 e. The summed E-state index contributed by atoms with van der Waals surface area (Å²) in [6.45, 7) is 24.7. The van der Waals surface area contributed by atoms with E-state index in [0.29, 0.717) is 17.9 Å². The molecule has 0 aliphatic heterocycles. The third-order valence-electron chi connectivity index (χ3n) is 6.28. The molecule has 2 N–H and O–H groups in total.